The third-order valence-corrected chi connectivity index (χ3v) is 3.34. The number of H-pyrrole nitrogens is 1. The lowest BCUT2D eigenvalue weighted by Gasteiger charge is -2.03. The van der Waals surface area contributed by atoms with Crippen molar-refractivity contribution >= 4 is 37.8 Å². The topological polar surface area (TPSA) is 46.0 Å². The first-order valence-electron chi connectivity index (χ1n) is 4.98. The van der Waals surface area contributed by atoms with Gasteiger partial charge in [0.15, 0.2) is 5.58 Å². The smallest absolute Gasteiger partial charge is 0.292 e. The molecule has 86 valence electrons. The predicted octanol–water partition coefficient (Wildman–Crippen LogP) is 3.31. The van der Waals surface area contributed by atoms with Crippen molar-refractivity contribution in [3.8, 4) is 0 Å². The largest absolute Gasteiger partial charge is 0.458 e. The molecule has 3 aromatic rings. The number of fused-ring (bicyclic) bond motifs is 3. The van der Waals surface area contributed by atoms with Gasteiger partial charge in [0.25, 0.3) is 5.56 Å². The number of rotatable bonds is 1. The minimum Gasteiger partial charge on any atom is -0.458 e. The summed E-state index contributed by atoms with van der Waals surface area (Å²) in [5, 5.41) is 1.42. The number of furan rings is 1. The van der Waals surface area contributed by atoms with E-state index in [2.05, 4.69) is 20.9 Å². The highest BCUT2D eigenvalue weighted by Gasteiger charge is 2.12. The molecule has 3 rings (SSSR count). The van der Waals surface area contributed by atoms with Gasteiger partial charge >= 0.3 is 0 Å². The quantitative estimate of drug-likeness (QED) is 0.700. The van der Waals surface area contributed by atoms with Gasteiger partial charge in [0.05, 0.1) is 11.8 Å². The van der Waals surface area contributed by atoms with Crippen molar-refractivity contribution in [2.75, 3.05) is 0 Å². The zero-order valence-corrected chi connectivity index (χ0v) is 10.2. The molecule has 5 heteroatoms. The van der Waals surface area contributed by atoms with E-state index < -0.39 is 0 Å². The third kappa shape index (κ3) is 1.50. The van der Waals surface area contributed by atoms with Crippen molar-refractivity contribution in [2.24, 2.45) is 0 Å². The third-order valence-electron chi connectivity index (χ3n) is 2.69. The van der Waals surface area contributed by atoms with Crippen LogP contribution in [-0.4, -0.2) is 4.98 Å². The lowest BCUT2D eigenvalue weighted by atomic mass is 10.1. The van der Waals surface area contributed by atoms with Gasteiger partial charge in [-0.1, -0.05) is 15.9 Å². The predicted molar refractivity (Wildman–Crippen MR) is 66.9 cm³/mol. The summed E-state index contributed by atoms with van der Waals surface area (Å²) < 4.78 is 19.0. The number of pyridine rings is 1. The van der Waals surface area contributed by atoms with Crippen LogP contribution in [0.1, 0.15) is 5.56 Å². The fraction of sp³-hybridized carbons (Fsp3) is 0.0833. The van der Waals surface area contributed by atoms with Crippen LogP contribution in [-0.2, 0) is 5.33 Å². The van der Waals surface area contributed by atoms with Gasteiger partial charge in [-0.05, 0) is 23.8 Å². The van der Waals surface area contributed by atoms with Crippen LogP contribution in [0.15, 0.2) is 33.7 Å². The van der Waals surface area contributed by atoms with Crippen LogP contribution in [0.3, 0.4) is 0 Å². The second-order valence-electron chi connectivity index (χ2n) is 3.75. The summed E-state index contributed by atoms with van der Waals surface area (Å²) in [4.78, 5) is 14.3. The molecule has 0 atom stereocenters. The van der Waals surface area contributed by atoms with Crippen molar-refractivity contribution in [1.29, 1.82) is 0 Å². The Morgan fingerprint density at radius 3 is 3.00 bits per heavy atom. The summed E-state index contributed by atoms with van der Waals surface area (Å²) in [6.07, 6.45) is 1.39. The summed E-state index contributed by atoms with van der Waals surface area (Å²) >= 11 is 3.26. The molecule has 2 aromatic heterocycles. The Balaban J connectivity index is 2.59. The van der Waals surface area contributed by atoms with E-state index in [0.29, 0.717) is 21.6 Å². The number of aromatic nitrogens is 1. The van der Waals surface area contributed by atoms with Crippen molar-refractivity contribution in [2.45, 2.75) is 5.33 Å². The first-order valence-corrected chi connectivity index (χ1v) is 6.10. The fourth-order valence-electron chi connectivity index (χ4n) is 1.97. The summed E-state index contributed by atoms with van der Waals surface area (Å²) in [6.45, 7) is 0. The molecule has 0 aliphatic heterocycles. The number of aromatic amines is 1. The van der Waals surface area contributed by atoms with Crippen LogP contribution < -0.4 is 5.56 Å². The molecule has 0 amide bonds. The van der Waals surface area contributed by atoms with Crippen molar-refractivity contribution in [3.05, 3.63) is 46.2 Å². The Kier molecular flexibility index (Phi) is 2.29. The highest BCUT2D eigenvalue weighted by Crippen LogP contribution is 2.26. The summed E-state index contributed by atoms with van der Waals surface area (Å²) in [5.41, 5.74) is 1.07. The van der Waals surface area contributed by atoms with Crippen LogP contribution in [0.2, 0.25) is 0 Å². The standard InChI is InChI=1S/C12H7BrFNO2/c13-5-6-3-8(14)10-7-1-2-17-11(7)12(16)15-9(10)4-6/h1-4H,5H2,(H,15,16). The van der Waals surface area contributed by atoms with E-state index in [0.717, 1.165) is 5.56 Å². The molecule has 0 aliphatic carbocycles. The fourth-order valence-corrected chi connectivity index (χ4v) is 2.30. The van der Waals surface area contributed by atoms with E-state index in [1.54, 1.807) is 12.1 Å². The number of halogens is 2. The molecule has 0 radical (unpaired) electrons. The van der Waals surface area contributed by atoms with E-state index in [1.165, 1.54) is 12.3 Å². The van der Waals surface area contributed by atoms with Crippen LogP contribution in [0.4, 0.5) is 4.39 Å². The molecule has 0 aliphatic rings. The molecule has 17 heavy (non-hydrogen) atoms. The molecular formula is C12H7BrFNO2. The molecule has 3 nitrogen and oxygen atoms in total. The molecule has 0 saturated carbocycles. The first kappa shape index (κ1) is 10.5. The van der Waals surface area contributed by atoms with Crippen molar-refractivity contribution in [3.63, 3.8) is 0 Å². The molecule has 0 bridgehead atoms. The Morgan fingerprint density at radius 1 is 1.41 bits per heavy atom. The first-order chi connectivity index (χ1) is 8.20. The van der Waals surface area contributed by atoms with Crippen LogP contribution >= 0.6 is 15.9 Å². The second kappa shape index (κ2) is 3.70. The van der Waals surface area contributed by atoms with Crippen LogP contribution in [0, 0.1) is 5.82 Å². The average molecular weight is 296 g/mol. The number of benzene rings is 1. The van der Waals surface area contributed by atoms with Gasteiger partial charge in [0.2, 0.25) is 0 Å². The van der Waals surface area contributed by atoms with Gasteiger partial charge in [0.1, 0.15) is 5.82 Å². The minimum absolute atomic E-state index is 0.156. The minimum atomic E-state index is -0.361. The van der Waals surface area contributed by atoms with Gasteiger partial charge < -0.3 is 9.40 Å². The highest BCUT2D eigenvalue weighted by atomic mass is 79.9. The van der Waals surface area contributed by atoms with Gasteiger partial charge in [-0.25, -0.2) is 4.39 Å². The van der Waals surface area contributed by atoms with Crippen LogP contribution in [0.5, 0.6) is 0 Å². The molecular weight excluding hydrogens is 289 g/mol. The molecule has 1 aromatic carbocycles. The van der Waals surface area contributed by atoms with E-state index in [-0.39, 0.29) is 17.0 Å². The maximum absolute atomic E-state index is 14.0. The summed E-state index contributed by atoms with van der Waals surface area (Å²) in [6, 6.07) is 4.80. The van der Waals surface area contributed by atoms with Crippen LogP contribution in [0.25, 0.3) is 21.9 Å². The van der Waals surface area contributed by atoms with Gasteiger partial charge in [-0.15, -0.1) is 0 Å². The maximum Gasteiger partial charge on any atom is 0.292 e. The Hall–Kier alpha value is -1.62. The van der Waals surface area contributed by atoms with E-state index in [1.807, 2.05) is 0 Å². The monoisotopic (exact) mass is 295 g/mol. The Labute approximate surface area is 103 Å². The number of hydrogen-bond acceptors (Lipinski definition) is 2. The van der Waals surface area contributed by atoms with Gasteiger partial charge in [-0.3, -0.25) is 4.79 Å². The Morgan fingerprint density at radius 2 is 2.24 bits per heavy atom. The molecule has 0 saturated heterocycles. The zero-order chi connectivity index (χ0) is 12.0. The van der Waals surface area contributed by atoms with Gasteiger partial charge in [-0.2, -0.15) is 0 Å². The van der Waals surface area contributed by atoms with Crippen molar-refractivity contribution < 1.29 is 8.81 Å². The van der Waals surface area contributed by atoms with E-state index in [4.69, 9.17) is 4.42 Å². The lowest BCUT2D eigenvalue weighted by molar-refractivity contribution is 0.610. The Bertz CT molecular complexity index is 775. The molecule has 2 heterocycles. The van der Waals surface area contributed by atoms with E-state index >= 15 is 0 Å². The molecule has 1 N–H and O–H groups in total. The lowest BCUT2D eigenvalue weighted by Crippen LogP contribution is -2.05. The van der Waals surface area contributed by atoms with E-state index in [9.17, 15) is 9.18 Å². The summed E-state index contributed by atoms with van der Waals surface area (Å²) in [5.74, 6) is -0.361. The SMILES string of the molecule is O=c1[nH]c2cc(CBr)cc(F)c2c2ccoc12. The van der Waals surface area contributed by atoms with Crippen molar-refractivity contribution in [1.82, 2.24) is 4.98 Å². The highest BCUT2D eigenvalue weighted by molar-refractivity contribution is 9.08. The molecule has 0 spiro atoms. The number of hydrogen-bond donors (Lipinski definition) is 1. The average Bonchev–Trinajstić information content (AvgIpc) is 2.77. The molecule has 0 unspecified atom stereocenters. The summed E-state index contributed by atoms with van der Waals surface area (Å²) in [7, 11) is 0. The number of nitrogens with one attached hydrogen (secondary N) is 1. The zero-order valence-electron chi connectivity index (χ0n) is 8.59. The second-order valence-corrected chi connectivity index (χ2v) is 4.31. The molecule has 0 fully saturated rings. The number of alkyl halides is 1. The van der Waals surface area contributed by atoms with Gasteiger partial charge in [0, 0.05) is 16.1 Å². The normalized spacial score (nSPS) is 11.4. The maximum atomic E-state index is 14.0.